The van der Waals surface area contributed by atoms with Crippen molar-refractivity contribution in [2.45, 2.75) is 0 Å². The van der Waals surface area contributed by atoms with Gasteiger partial charge in [0.15, 0.2) is 0 Å². The predicted molar refractivity (Wildman–Crippen MR) is 108 cm³/mol. The lowest BCUT2D eigenvalue weighted by molar-refractivity contribution is 0.334. The van der Waals surface area contributed by atoms with Gasteiger partial charge >= 0.3 is 0 Å². The molecule has 0 N–H and O–H groups in total. The van der Waals surface area contributed by atoms with Gasteiger partial charge in [0.25, 0.3) is 11.8 Å². The molecule has 0 spiro atoms. The fourth-order valence-electron chi connectivity index (χ4n) is 2.96. The number of hydrogen-bond acceptors (Lipinski definition) is 6. The topological polar surface area (TPSA) is 75.0 Å². The molecule has 4 aromatic rings. The molecule has 0 bridgehead atoms. The molecule has 0 unspecified atom stereocenters. The van der Waals surface area contributed by atoms with E-state index < -0.39 is 0 Å². The third-order valence-corrected chi connectivity index (χ3v) is 4.96. The van der Waals surface area contributed by atoms with E-state index in [2.05, 4.69) is 20.2 Å². The van der Waals surface area contributed by atoms with E-state index in [4.69, 9.17) is 32.7 Å². The maximum Gasteiger partial charge on any atom is 0.278 e. The summed E-state index contributed by atoms with van der Waals surface area (Å²) < 4.78 is 10.6. The van der Waals surface area contributed by atoms with Gasteiger partial charge in [-0.25, -0.2) is 9.97 Å². The van der Waals surface area contributed by atoms with Crippen LogP contribution in [0.25, 0.3) is 33.5 Å². The van der Waals surface area contributed by atoms with Gasteiger partial charge < -0.3 is 9.47 Å². The number of hydrogen-bond donors (Lipinski definition) is 0. The summed E-state index contributed by atoms with van der Waals surface area (Å²) in [5.74, 6) is 0.488. The Labute approximate surface area is 170 Å². The Morgan fingerprint density at radius 1 is 0.893 bits per heavy atom. The second kappa shape index (κ2) is 7.26. The molecule has 2 aromatic heterocycles. The first-order chi connectivity index (χ1) is 13.5. The molecule has 0 amide bonds. The van der Waals surface area contributed by atoms with Crippen LogP contribution in [0, 0.1) is 0 Å². The van der Waals surface area contributed by atoms with E-state index in [0.717, 1.165) is 5.56 Å². The molecule has 142 valence electrons. The minimum Gasteiger partial charge on any atom is -0.477 e. The number of ether oxygens (including phenoxy) is 2. The van der Waals surface area contributed by atoms with E-state index in [1.807, 2.05) is 30.3 Å². The van der Waals surface area contributed by atoms with Gasteiger partial charge in [-0.15, -0.1) is 0 Å². The van der Waals surface area contributed by atoms with Crippen LogP contribution in [0.3, 0.4) is 0 Å². The average molecular weight is 416 g/mol. The molecule has 4 rings (SSSR count). The van der Waals surface area contributed by atoms with Crippen molar-refractivity contribution in [3.63, 3.8) is 0 Å². The highest BCUT2D eigenvalue weighted by atomic mass is 35.5. The number of nitrogens with zero attached hydrogens (tertiary/aromatic N) is 5. The van der Waals surface area contributed by atoms with E-state index in [0.29, 0.717) is 38.0 Å². The van der Waals surface area contributed by atoms with Gasteiger partial charge in [-0.3, -0.25) is 0 Å². The Hall–Kier alpha value is -2.90. The van der Waals surface area contributed by atoms with E-state index in [-0.39, 0.29) is 11.8 Å². The molecule has 0 aliphatic heterocycles. The third-order valence-electron chi connectivity index (χ3n) is 4.17. The number of rotatable bonds is 4. The first-order valence-corrected chi connectivity index (χ1v) is 9.04. The van der Waals surface area contributed by atoms with E-state index >= 15 is 0 Å². The summed E-state index contributed by atoms with van der Waals surface area (Å²) >= 11 is 13.0. The molecule has 0 fully saturated rings. The van der Waals surface area contributed by atoms with E-state index in [1.54, 1.807) is 13.1 Å². The van der Waals surface area contributed by atoms with Crippen molar-refractivity contribution in [1.29, 1.82) is 0 Å². The van der Waals surface area contributed by atoms with E-state index in [9.17, 15) is 0 Å². The lowest BCUT2D eigenvalue weighted by Crippen LogP contribution is -2.00. The zero-order valence-corrected chi connectivity index (χ0v) is 16.8. The molecule has 28 heavy (non-hydrogen) atoms. The standard InChI is InChI=1S/C19H15Cl2N5O2/c1-26-24-15(10-7-5-4-6-8-10)17(25-26)13-14(21)11(20)9-12-16(13)23-19(28-3)18(22-12)27-2/h4-9H,1-3H3. The van der Waals surface area contributed by atoms with Crippen LogP contribution in [-0.2, 0) is 7.05 Å². The molecular weight excluding hydrogens is 401 g/mol. The monoisotopic (exact) mass is 415 g/mol. The lowest BCUT2D eigenvalue weighted by atomic mass is 10.0. The van der Waals surface area contributed by atoms with Crippen LogP contribution in [0.2, 0.25) is 10.0 Å². The number of methoxy groups -OCH3 is 2. The normalized spacial score (nSPS) is 11.0. The van der Waals surface area contributed by atoms with Crippen LogP contribution in [0.15, 0.2) is 36.4 Å². The molecule has 7 nitrogen and oxygen atoms in total. The van der Waals surface area contributed by atoms with Gasteiger partial charge in [0.05, 0.1) is 35.3 Å². The molecule has 2 aromatic carbocycles. The summed E-state index contributed by atoms with van der Waals surface area (Å²) in [6.07, 6.45) is 0. The number of fused-ring (bicyclic) bond motifs is 1. The third kappa shape index (κ3) is 3.02. The zero-order chi connectivity index (χ0) is 19.8. The smallest absolute Gasteiger partial charge is 0.278 e. The number of aromatic nitrogens is 5. The van der Waals surface area contributed by atoms with Crippen molar-refractivity contribution >= 4 is 34.2 Å². The Morgan fingerprint density at radius 2 is 1.54 bits per heavy atom. The summed E-state index contributed by atoms with van der Waals surface area (Å²) in [6, 6.07) is 11.3. The fourth-order valence-corrected chi connectivity index (χ4v) is 3.39. The first kappa shape index (κ1) is 18.5. The molecule has 0 saturated carbocycles. The molecule has 0 aliphatic carbocycles. The van der Waals surface area contributed by atoms with Crippen molar-refractivity contribution in [2.24, 2.45) is 7.05 Å². The fraction of sp³-hybridized carbons (Fsp3) is 0.158. The van der Waals surface area contributed by atoms with Gasteiger partial charge in [0.2, 0.25) is 0 Å². The molecule has 2 heterocycles. The highest BCUT2D eigenvalue weighted by molar-refractivity contribution is 6.45. The van der Waals surface area contributed by atoms with Crippen LogP contribution in [-0.4, -0.2) is 39.2 Å². The van der Waals surface area contributed by atoms with Gasteiger partial charge in [0, 0.05) is 12.6 Å². The summed E-state index contributed by atoms with van der Waals surface area (Å²) in [6.45, 7) is 0. The summed E-state index contributed by atoms with van der Waals surface area (Å²) in [7, 11) is 4.73. The SMILES string of the molecule is COc1nc2cc(Cl)c(Cl)c(-c3nn(C)nc3-c3ccccc3)c2nc1OC. The second-order valence-electron chi connectivity index (χ2n) is 5.91. The minimum absolute atomic E-state index is 0.236. The molecule has 0 radical (unpaired) electrons. The van der Waals surface area contributed by atoms with Crippen LogP contribution < -0.4 is 9.47 Å². The highest BCUT2D eigenvalue weighted by Gasteiger charge is 2.24. The summed E-state index contributed by atoms with van der Waals surface area (Å²) in [5.41, 5.74) is 3.63. The minimum atomic E-state index is 0.236. The maximum absolute atomic E-state index is 6.60. The van der Waals surface area contributed by atoms with Crippen molar-refractivity contribution in [3.8, 4) is 34.3 Å². The van der Waals surface area contributed by atoms with Gasteiger partial charge in [-0.2, -0.15) is 15.0 Å². The van der Waals surface area contributed by atoms with Gasteiger partial charge in [-0.1, -0.05) is 53.5 Å². The second-order valence-corrected chi connectivity index (χ2v) is 6.70. The van der Waals surface area contributed by atoms with Crippen LogP contribution in [0.5, 0.6) is 11.8 Å². The van der Waals surface area contributed by atoms with Crippen LogP contribution >= 0.6 is 23.2 Å². The van der Waals surface area contributed by atoms with Crippen LogP contribution in [0.4, 0.5) is 0 Å². The molecular formula is C19H15Cl2N5O2. The first-order valence-electron chi connectivity index (χ1n) is 8.28. The number of benzene rings is 2. The van der Waals surface area contributed by atoms with Gasteiger partial charge in [0.1, 0.15) is 16.9 Å². The number of halogens is 2. The van der Waals surface area contributed by atoms with Crippen LogP contribution in [0.1, 0.15) is 0 Å². The summed E-state index contributed by atoms with van der Waals surface area (Å²) in [4.78, 5) is 10.5. The molecule has 0 aliphatic rings. The molecule has 0 atom stereocenters. The Kier molecular flexibility index (Phi) is 4.78. The van der Waals surface area contributed by atoms with Gasteiger partial charge in [-0.05, 0) is 6.07 Å². The Bertz CT molecular complexity index is 1180. The molecule has 0 saturated heterocycles. The van der Waals surface area contributed by atoms with Crippen molar-refractivity contribution in [2.75, 3.05) is 14.2 Å². The van der Waals surface area contributed by atoms with Crippen molar-refractivity contribution in [3.05, 3.63) is 46.4 Å². The summed E-state index contributed by atoms with van der Waals surface area (Å²) in [5, 5.41) is 9.68. The Balaban J connectivity index is 2.08. The Morgan fingerprint density at radius 3 is 2.21 bits per heavy atom. The highest BCUT2D eigenvalue weighted by Crippen LogP contribution is 2.42. The number of aryl methyl sites for hydroxylation is 1. The molecule has 9 heteroatoms. The van der Waals surface area contributed by atoms with Crippen molar-refractivity contribution in [1.82, 2.24) is 25.0 Å². The largest absolute Gasteiger partial charge is 0.477 e. The quantitative estimate of drug-likeness (QED) is 0.491. The maximum atomic E-state index is 6.60. The predicted octanol–water partition coefficient (Wildman–Crippen LogP) is 4.42. The van der Waals surface area contributed by atoms with Crippen molar-refractivity contribution < 1.29 is 9.47 Å². The average Bonchev–Trinajstić information content (AvgIpc) is 3.10. The zero-order valence-electron chi connectivity index (χ0n) is 15.3. The van der Waals surface area contributed by atoms with E-state index in [1.165, 1.54) is 19.0 Å². The lowest BCUT2D eigenvalue weighted by Gasteiger charge is -2.12.